The topological polar surface area (TPSA) is 41.0 Å². The molecule has 0 saturated carbocycles. The van der Waals surface area contributed by atoms with Crippen LogP contribution in [0.2, 0.25) is 0 Å². The molecule has 2 aromatic heterocycles. The average Bonchev–Trinajstić information content (AvgIpc) is 2.47. The quantitative estimate of drug-likeness (QED) is 0.549. The van der Waals surface area contributed by atoms with Gasteiger partial charge in [0.15, 0.2) is 5.11 Å². The Morgan fingerprint density at radius 1 is 1.20 bits per heavy atom. The predicted octanol–water partition coefficient (Wildman–Crippen LogP) is 3.04. The zero-order chi connectivity index (χ0) is 14.1. The summed E-state index contributed by atoms with van der Waals surface area (Å²) in [5.41, 5.74) is 1.90. The zero-order valence-corrected chi connectivity index (χ0v) is 12.1. The molecule has 0 aliphatic carbocycles. The van der Waals surface area contributed by atoms with Crippen molar-refractivity contribution in [1.29, 1.82) is 0 Å². The highest BCUT2D eigenvalue weighted by molar-refractivity contribution is 7.80. The first-order chi connectivity index (χ1) is 9.66. The van der Waals surface area contributed by atoms with Gasteiger partial charge in [0, 0.05) is 43.5 Å². The lowest BCUT2D eigenvalue weighted by atomic mass is 10.1. The second-order valence-electron chi connectivity index (χ2n) is 4.75. The number of hydrogen-bond donors (Lipinski definition) is 1. The van der Waals surface area contributed by atoms with E-state index < -0.39 is 0 Å². The monoisotopic (exact) mass is 282 g/mol. The molecular formula is C15H14N4S. The van der Waals surface area contributed by atoms with Gasteiger partial charge in [0.05, 0.1) is 11.2 Å². The molecule has 20 heavy (non-hydrogen) atoms. The van der Waals surface area contributed by atoms with E-state index in [1.807, 2.05) is 43.4 Å². The van der Waals surface area contributed by atoms with Crippen molar-refractivity contribution in [1.82, 2.24) is 14.9 Å². The van der Waals surface area contributed by atoms with Crippen molar-refractivity contribution in [2.45, 2.75) is 0 Å². The third-order valence-corrected chi connectivity index (χ3v) is 3.62. The molecule has 3 aromatic rings. The summed E-state index contributed by atoms with van der Waals surface area (Å²) < 4.78 is 0. The fourth-order valence-corrected chi connectivity index (χ4v) is 2.24. The van der Waals surface area contributed by atoms with Gasteiger partial charge < -0.3 is 10.2 Å². The first kappa shape index (κ1) is 12.7. The van der Waals surface area contributed by atoms with Crippen LogP contribution in [-0.4, -0.2) is 34.1 Å². The third-order valence-electron chi connectivity index (χ3n) is 3.16. The molecule has 0 saturated heterocycles. The number of rotatable bonds is 1. The Morgan fingerprint density at radius 2 is 2.05 bits per heavy atom. The van der Waals surface area contributed by atoms with Gasteiger partial charge in [-0.1, -0.05) is 0 Å². The van der Waals surface area contributed by atoms with E-state index in [9.17, 15) is 0 Å². The number of aromatic nitrogens is 2. The molecule has 0 atom stereocenters. The summed E-state index contributed by atoms with van der Waals surface area (Å²) >= 11 is 5.33. The number of hydrogen-bond acceptors (Lipinski definition) is 3. The summed E-state index contributed by atoms with van der Waals surface area (Å²) in [6.45, 7) is 0. The van der Waals surface area contributed by atoms with Crippen LogP contribution < -0.4 is 5.32 Å². The van der Waals surface area contributed by atoms with Gasteiger partial charge in [-0.05, 0) is 41.9 Å². The van der Waals surface area contributed by atoms with E-state index in [1.165, 1.54) is 0 Å². The number of fused-ring (bicyclic) bond motifs is 3. The summed E-state index contributed by atoms with van der Waals surface area (Å²) in [4.78, 5) is 10.5. The minimum absolute atomic E-state index is 0.670. The highest BCUT2D eigenvalue weighted by Crippen LogP contribution is 2.29. The van der Waals surface area contributed by atoms with Crippen molar-refractivity contribution in [3.8, 4) is 0 Å². The molecule has 5 heteroatoms. The van der Waals surface area contributed by atoms with Gasteiger partial charge in [0.25, 0.3) is 0 Å². The lowest BCUT2D eigenvalue weighted by Gasteiger charge is -2.17. The molecule has 0 aliphatic rings. The summed E-state index contributed by atoms with van der Waals surface area (Å²) in [7, 11) is 3.83. The number of thiocarbonyl (C=S) groups is 1. The summed E-state index contributed by atoms with van der Waals surface area (Å²) in [5, 5.41) is 7.12. The molecule has 0 spiro atoms. The van der Waals surface area contributed by atoms with Gasteiger partial charge in [-0.3, -0.25) is 9.97 Å². The second-order valence-corrected chi connectivity index (χ2v) is 5.13. The van der Waals surface area contributed by atoms with Gasteiger partial charge in [-0.15, -0.1) is 0 Å². The predicted molar refractivity (Wildman–Crippen MR) is 87.0 cm³/mol. The smallest absolute Gasteiger partial charge is 0.172 e. The summed E-state index contributed by atoms with van der Waals surface area (Å²) in [6, 6.07) is 8.02. The molecule has 100 valence electrons. The summed E-state index contributed by atoms with van der Waals surface area (Å²) in [6.07, 6.45) is 5.42. The second kappa shape index (κ2) is 5.02. The lowest BCUT2D eigenvalue weighted by molar-refractivity contribution is 0.634. The number of benzene rings is 1. The molecule has 0 fully saturated rings. The molecule has 0 amide bonds. The molecule has 0 bridgehead atoms. The molecule has 2 heterocycles. The van der Waals surface area contributed by atoms with Crippen molar-refractivity contribution < 1.29 is 0 Å². The van der Waals surface area contributed by atoms with E-state index >= 15 is 0 Å². The standard InChI is InChI=1S/C15H14N4S/c1-19(2)15(20)18-13-8-10-5-7-16-9-12(10)14-11(13)4-3-6-17-14/h3-9H,1-2H3,(H,18,20). The Hall–Kier alpha value is -2.27. The minimum Gasteiger partial charge on any atom is -0.355 e. The summed E-state index contributed by atoms with van der Waals surface area (Å²) in [5.74, 6) is 0. The van der Waals surface area contributed by atoms with Gasteiger partial charge in [0.2, 0.25) is 0 Å². The van der Waals surface area contributed by atoms with Crippen LogP contribution in [0.3, 0.4) is 0 Å². The van der Waals surface area contributed by atoms with Crippen LogP contribution in [0.5, 0.6) is 0 Å². The first-order valence-corrected chi connectivity index (χ1v) is 6.67. The highest BCUT2D eigenvalue weighted by Gasteiger charge is 2.09. The Labute approximate surface area is 122 Å². The number of anilines is 1. The van der Waals surface area contributed by atoms with Crippen LogP contribution in [0, 0.1) is 0 Å². The molecule has 1 aromatic carbocycles. The first-order valence-electron chi connectivity index (χ1n) is 6.26. The van der Waals surface area contributed by atoms with E-state index in [2.05, 4.69) is 21.4 Å². The maximum absolute atomic E-state index is 5.33. The molecule has 1 N–H and O–H groups in total. The van der Waals surface area contributed by atoms with Crippen molar-refractivity contribution in [3.63, 3.8) is 0 Å². The largest absolute Gasteiger partial charge is 0.355 e. The van der Waals surface area contributed by atoms with Crippen LogP contribution >= 0.6 is 12.2 Å². The van der Waals surface area contributed by atoms with Crippen LogP contribution in [0.1, 0.15) is 0 Å². The Balaban J connectivity index is 2.26. The van der Waals surface area contributed by atoms with E-state index in [-0.39, 0.29) is 0 Å². The molecule has 4 nitrogen and oxygen atoms in total. The van der Waals surface area contributed by atoms with Crippen molar-refractivity contribution >= 4 is 44.7 Å². The molecule has 0 aliphatic heterocycles. The number of nitrogens with one attached hydrogen (secondary N) is 1. The van der Waals surface area contributed by atoms with Gasteiger partial charge in [0.1, 0.15) is 0 Å². The Bertz CT molecular complexity index is 798. The third kappa shape index (κ3) is 2.16. The zero-order valence-electron chi connectivity index (χ0n) is 11.3. The highest BCUT2D eigenvalue weighted by atomic mass is 32.1. The molecule has 0 unspecified atom stereocenters. The average molecular weight is 282 g/mol. The van der Waals surface area contributed by atoms with Crippen LogP contribution in [-0.2, 0) is 0 Å². The maximum atomic E-state index is 5.33. The minimum atomic E-state index is 0.670. The van der Waals surface area contributed by atoms with Crippen molar-refractivity contribution in [2.75, 3.05) is 19.4 Å². The SMILES string of the molecule is CN(C)C(=S)Nc1cc2ccncc2c2ncccc12. The van der Waals surface area contributed by atoms with E-state index in [0.29, 0.717) is 5.11 Å². The maximum Gasteiger partial charge on any atom is 0.172 e. The van der Waals surface area contributed by atoms with Crippen molar-refractivity contribution in [2.24, 2.45) is 0 Å². The fourth-order valence-electron chi connectivity index (χ4n) is 2.13. The van der Waals surface area contributed by atoms with Crippen molar-refractivity contribution in [3.05, 3.63) is 42.9 Å². The number of pyridine rings is 2. The van der Waals surface area contributed by atoms with Crippen LogP contribution in [0.25, 0.3) is 21.7 Å². The lowest BCUT2D eigenvalue weighted by Crippen LogP contribution is -2.27. The van der Waals surface area contributed by atoms with E-state index in [0.717, 1.165) is 27.4 Å². The normalized spacial score (nSPS) is 10.7. The molecular weight excluding hydrogens is 268 g/mol. The Morgan fingerprint density at radius 3 is 2.85 bits per heavy atom. The van der Waals surface area contributed by atoms with Crippen LogP contribution in [0.15, 0.2) is 42.9 Å². The molecule has 3 rings (SSSR count). The molecule has 0 radical (unpaired) electrons. The van der Waals surface area contributed by atoms with Gasteiger partial charge in [-0.2, -0.15) is 0 Å². The van der Waals surface area contributed by atoms with Crippen LogP contribution in [0.4, 0.5) is 5.69 Å². The number of nitrogens with zero attached hydrogens (tertiary/aromatic N) is 3. The van der Waals surface area contributed by atoms with Gasteiger partial charge >= 0.3 is 0 Å². The Kier molecular flexibility index (Phi) is 3.20. The van der Waals surface area contributed by atoms with Gasteiger partial charge in [-0.25, -0.2) is 0 Å². The fraction of sp³-hybridized carbons (Fsp3) is 0.133. The van der Waals surface area contributed by atoms with E-state index in [1.54, 1.807) is 12.4 Å². The van der Waals surface area contributed by atoms with E-state index in [4.69, 9.17) is 12.2 Å².